The van der Waals surface area contributed by atoms with E-state index in [2.05, 4.69) is 15.3 Å². The zero-order chi connectivity index (χ0) is 17.9. The fourth-order valence-electron chi connectivity index (χ4n) is 3.13. The van der Waals surface area contributed by atoms with E-state index in [1.165, 1.54) is 0 Å². The highest BCUT2D eigenvalue weighted by atomic mass is 16.5. The number of hydrogen-bond acceptors (Lipinski definition) is 5. The van der Waals surface area contributed by atoms with Crippen LogP contribution >= 0.6 is 0 Å². The fourth-order valence-corrected chi connectivity index (χ4v) is 3.13. The van der Waals surface area contributed by atoms with Gasteiger partial charge >= 0.3 is 5.97 Å². The minimum atomic E-state index is -0.243. The van der Waals surface area contributed by atoms with Gasteiger partial charge in [-0.05, 0) is 53.6 Å². The largest absolute Gasteiger partial charge is 0.466 e. The predicted molar refractivity (Wildman–Crippen MR) is 91.7 cm³/mol. The van der Waals surface area contributed by atoms with Gasteiger partial charge in [0.2, 0.25) is 5.91 Å². The van der Waals surface area contributed by atoms with Crippen LogP contribution in [0.5, 0.6) is 0 Å². The summed E-state index contributed by atoms with van der Waals surface area (Å²) in [6.45, 7) is 9.42. The number of piperidine rings is 1. The van der Waals surface area contributed by atoms with Crippen LogP contribution in [0.4, 0.5) is 5.69 Å². The lowest BCUT2D eigenvalue weighted by Gasteiger charge is -2.34. The van der Waals surface area contributed by atoms with Crippen LogP contribution < -0.4 is 5.32 Å². The number of ether oxygens (including phenoxy) is 1. The third-order valence-electron chi connectivity index (χ3n) is 4.83. The minimum Gasteiger partial charge on any atom is -0.466 e. The molecule has 2 heterocycles. The van der Waals surface area contributed by atoms with E-state index < -0.39 is 0 Å². The summed E-state index contributed by atoms with van der Waals surface area (Å²) < 4.78 is 6.85. The Morgan fingerprint density at radius 2 is 1.96 bits per heavy atom. The van der Waals surface area contributed by atoms with Gasteiger partial charge in [-0.1, -0.05) is 0 Å². The number of nitrogens with zero attached hydrogens (tertiary/aromatic N) is 3. The first-order valence-electron chi connectivity index (χ1n) is 8.56. The lowest BCUT2D eigenvalue weighted by molar-refractivity contribution is -0.149. The van der Waals surface area contributed by atoms with E-state index in [1.807, 2.05) is 34.7 Å². The van der Waals surface area contributed by atoms with E-state index in [-0.39, 0.29) is 23.8 Å². The van der Waals surface area contributed by atoms with Crippen LogP contribution in [-0.2, 0) is 21.4 Å². The maximum absolute atomic E-state index is 12.6. The van der Waals surface area contributed by atoms with E-state index in [4.69, 9.17) is 4.74 Å². The number of rotatable bonds is 5. The van der Waals surface area contributed by atoms with Crippen molar-refractivity contribution in [1.82, 2.24) is 14.7 Å². The summed E-state index contributed by atoms with van der Waals surface area (Å²) in [4.78, 5) is 26.5. The number of likely N-dealkylation sites (tertiary alicyclic amines) is 1. The van der Waals surface area contributed by atoms with Crippen molar-refractivity contribution in [3.05, 3.63) is 11.4 Å². The second-order valence-corrected chi connectivity index (χ2v) is 6.40. The van der Waals surface area contributed by atoms with Gasteiger partial charge in [-0.2, -0.15) is 5.10 Å². The molecule has 1 aromatic rings. The molecule has 1 saturated heterocycles. The molecule has 1 atom stereocenters. The Morgan fingerprint density at radius 1 is 1.33 bits per heavy atom. The molecule has 7 nitrogen and oxygen atoms in total. The molecule has 0 saturated carbocycles. The van der Waals surface area contributed by atoms with Crippen molar-refractivity contribution in [2.45, 2.75) is 46.6 Å². The topological polar surface area (TPSA) is 76.5 Å². The summed E-state index contributed by atoms with van der Waals surface area (Å²) >= 11 is 0. The molecule has 1 amide bonds. The molecule has 1 aromatic heterocycles. The zero-order valence-corrected chi connectivity index (χ0v) is 15.3. The summed E-state index contributed by atoms with van der Waals surface area (Å²) in [6, 6.07) is -0.243. The molecule has 0 aliphatic carbocycles. The van der Waals surface area contributed by atoms with Gasteiger partial charge in [-0.25, -0.2) is 0 Å². The highest BCUT2D eigenvalue weighted by Gasteiger charge is 2.30. The lowest BCUT2D eigenvalue weighted by Crippen LogP contribution is -2.47. The number of aryl methyl sites for hydroxylation is 2. The molecule has 0 spiro atoms. The number of amides is 1. The molecule has 1 unspecified atom stereocenters. The van der Waals surface area contributed by atoms with Gasteiger partial charge in [0, 0.05) is 7.05 Å². The van der Waals surface area contributed by atoms with Gasteiger partial charge in [0.25, 0.3) is 0 Å². The number of esters is 1. The SMILES string of the molecule is CCOC(=O)C1CCN(C(C)C(=O)Nc2c(C)nn(C)c2C)CC1. The third kappa shape index (κ3) is 3.95. The Bertz CT molecular complexity index is 603. The van der Waals surface area contributed by atoms with Gasteiger partial charge in [0.15, 0.2) is 0 Å². The molecule has 24 heavy (non-hydrogen) atoms. The molecule has 134 valence electrons. The first-order valence-corrected chi connectivity index (χ1v) is 8.56. The van der Waals surface area contributed by atoms with Gasteiger partial charge in [-0.15, -0.1) is 0 Å². The summed E-state index contributed by atoms with van der Waals surface area (Å²) in [7, 11) is 1.86. The lowest BCUT2D eigenvalue weighted by atomic mass is 9.96. The number of hydrogen-bond donors (Lipinski definition) is 1. The molecule has 0 bridgehead atoms. The van der Waals surface area contributed by atoms with E-state index in [0.29, 0.717) is 6.61 Å². The van der Waals surface area contributed by atoms with E-state index in [1.54, 1.807) is 4.68 Å². The van der Waals surface area contributed by atoms with E-state index in [0.717, 1.165) is 43.0 Å². The molecular weight excluding hydrogens is 308 g/mol. The maximum atomic E-state index is 12.6. The first-order chi connectivity index (χ1) is 11.3. The molecule has 1 N–H and O–H groups in total. The minimum absolute atomic E-state index is 0.0382. The zero-order valence-electron chi connectivity index (χ0n) is 15.3. The predicted octanol–water partition coefficient (Wildman–Crippen LogP) is 1.64. The second-order valence-electron chi connectivity index (χ2n) is 6.40. The summed E-state index contributed by atoms with van der Waals surface area (Å²) in [5.74, 6) is -0.195. The van der Waals surface area contributed by atoms with Gasteiger partial charge in [-0.3, -0.25) is 19.2 Å². The van der Waals surface area contributed by atoms with Crippen LogP contribution in [0.15, 0.2) is 0 Å². The second kappa shape index (κ2) is 7.79. The number of carbonyl (C=O) groups is 2. The maximum Gasteiger partial charge on any atom is 0.309 e. The van der Waals surface area contributed by atoms with Gasteiger partial charge in [0.1, 0.15) is 0 Å². The Morgan fingerprint density at radius 3 is 2.46 bits per heavy atom. The molecule has 1 aliphatic heterocycles. The molecule has 0 aromatic carbocycles. The van der Waals surface area contributed by atoms with Crippen LogP contribution in [0.3, 0.4) is 0 Å². The number of carbonyl (C=O) groups excluding carboxylic acids is 2. The van der Waals surface area contributed by atoms with Crippen molar-refractivity contribution in [3.8, 4) is 0 Å². The first kappa shape index (κ1) is 18.4. The molecule has 1 fully saturated rings. The van der Waals surface area contributed by atoms with Crippen LogP contribution in [-0.4, -0.2) is 52.3 Å². The average Bonchev–Trinajstić information content (AvgIpc) is 2.80. The van der Waals surface area contributed by atoms with E-state index >= 15 is 0 Å². The van der Waals surface area contributed by atoms with Gasteiger partial charge in [0.05, 0.1) is 35.6 Å². The number of nitrogens with one attached hydrogen (secondary N) is 1. The molecule has 2 rings (SSSR count). The highest BCUT2D eigenvalue weighted by Crippen LogP contribution is 2.22. The van der Waals surface area contributed by atoms with Crippen molar-refractivity contribution in [3.63, 3.8) is 0 Å². The summed E-state index contributed by atoms with van der Waals surface area (Å²) in [6.07, 6.45) is 1.48. The molecule has 1 aliphatic rings. The van der Waals surface area contributed by atoms with Crippen molar-refractivity contribution in [1.29, 1.82) is 0 Å². The monoisotopic (exact) mass is 336 g/mol. The normalized spacial score (nSPS) is 17.5. The highest BCUT2D eigenvalue weighted by molar-refractivity contribution is 5.95. The smallest absolute Gasteiger partial charge is 0.309 e. The van der Waals surface area contributed by atoms with Crippen LogP contribution in [0.25, 0.3) is 0 Å². The van der Waals surface area contributed by atoms with Crippen LogP contribution in [0, 0.1) is 19.8 Å². The number of anilines is 1. The standard InChI is InChI=1S/C17H28N4O3/c1-6-24-17(23)14-7-9-21(10-8-14)13(4)16(22)18-15-11(2)19-20(5)12(15)3/h13-14H,6-10H2,1-5H3,(H,18,22). The molecule has 0 radical (unpaired) electrons. The van der Waals surface area contributed by atoms with Crippen molar-refractivity contribution >= 4 is 17.6 Å². The Kier molecular flexibility index (Phi) is 5.99. The van der Waals surface area contributed by atoms with Crippen molar-refractivity contribution in [2.24, 2.45) is 13.0 Å². The van der Waals surface area contributed by atoms with Crippen LogP contribution in [0.1, 0.15) is 38.1 Å². The summed E-state index contributed by atoms with van der Waals surface area (Å²) in [5.41, 5.74) is 2.54. The summed E-state index contributed by atoms with van der Waals surface area (Å²) in [5, 5.41) is 7.31. The Hall–Kier alpha value is -1.89. The average molecular weight is 336 g/mol. The molecular formula is C17H28N4O3. The number of aromatic nitrogens is 2. The fraction of sp³-hybridized carbons (Fsp3) is 0.706. The van der Waals surface area contributed by atoms with Crippen molar-refractivity contribution < 1.29 is 14.3 Å². The Labute approximate surface area is 143 Å². The van der Waals surface area contributed by atoms with E-state index in [9.17, 15) is 9.59 Å². The van der Waals surface area contributed by atoms with Crippen molar-refractivity contribution in [2.75, 3.05) is 25.0 Å². The third-order valence-corrected chi connectivity index (χ3v) is 4.83. The van der Waals surface area contributed by atoms with Gasteiger partial charge < -0.3 is 10.1 Å². The quantitative estimate of drug-likeness (QED) is 0.827. The van der Waals surface area contributed by atoms with Crippen LogP contribution in [0.2, 0.25) is 0 Å². The molecule has 7 heteroatoms. The Balaban J connectivity index is 1.91.